The quantitative estimate of drug-likeness (QED) is 0.340. The molecule has 1 unspecified atom stereocenters. The molecule has 0 radical (unpaired) electrons. The Morgan fingerprint density at radius 3 is 2.30 bits per heavy atom. The van der Waals surface area contributed by atoms with Crippen LogP contribution in [0.1, 0.15) is 49.9 Å². The van der Waals surface area contributed by atoms with E-state index < -0.39 is 17.7 Å². The van der Waals surface area contributed by atoms with Crippen LogP contribution in [0.5, 0.6) is 0 Å². The number of likely N-dealkylation sites (tertiary alicyclic amines) is 1. The van der Waals surface area contributed by atoms with E-state index in [1.165, 1.54) is 17.3 Å². The van der Waals surface area contributed by atoms with E-state index in [1.54, 1.807) is 19.2 Å². The van der Waals surface area contributed by atoms with Crippen molar-refractivity contribution in [1.82, 2.24) is 9.88 Å². The molecule has 6 heteroatoms. The minimum absolute atomic E-state index is 0.0180. The Morgan fingerprint density at radius 1 is 1.10 bits per heavy atom. The van der Waals surface area contributed by atoms with E-state index in [2.05, 4.69) is 25.8 Å². The lowest BCUT2D eigenvalue weighted by Gasteiger charge is -2.26. The molecule has 1 atom stereocenters. The number of methoxy groups -OCH3 is 1. The molecule has 0 aliphatic carbocycles. The molecule has 1 amide bonds. The summed E-state index contributed by atoms with van der Waals surface area (Å²) in [5.74, 6) is -1.46. The normalized spacial score (nSPS) is 18.8. The molecule has 158 valence electrons. The van der Waals surface area contributed by atoms with Crippen LogP contribution in [0.2, 0.25) is 0 Å². The number of carbonyl (C=O) groups is 2. The standard InChI is InChI=1S/C24H28N2O4/c1-24(2,3)18-8-6-16(7-9-18)20-19(21(27)17-10-12-25-13-11-17)22(28)23(29)26(20)14-5-15-30-4/h6-13,20,27H,5,14-15H2,1-4H3. The summed E-state index contributed by atoms with van der Waals surface area (Å²) in [4.78, 5) is 31.2. The number of amides is 1. The summed E-state index contributed by atoms with van der Waals surface area (Å²) in [6, 6.07) is 10.5. The first kappa shape index (κ1) is 21.7. The third-order valence-electron chi connectivity index (χ3n) is 5.33. The summed E-state index contributed by atoms with van der Waals surface area (Å²) in [7, 11) is 1.60. The Morgan fingerprint density at radius 2 is 1.73 bits per heavy atom. The lowest BCUT2D eigenvalue weighted by molar-refractivity contribution is -0.140. The van der Waals surface area contributed by atoms with Crippen molar-refractivity contribution in [3.05, 3.63) is 71.1 Å². The highest BCUT2D eigenvalue weighted by molar-refractivity contribution is 6.46. The van der Waals surface area contributed by atoms with Crippen LogP contribution in [-0.2, 0) is 19.7 Å². The van der Waals surface area contributed by atoms with Crippen LogP contribution < -0.4 is 0 Å². The Hall–Kier alpha value is -2.99. The second kappa shape index (κ2) is 8.79. The smallest absolute Gasteiger partial charge is 0.295 e. The minimum atomic E-state index is -0.674. The predicted molar refractivity (Wildman–Crippen MR) is 115 cm³/mol. The summed E-state index contributed by atoms with van der Waals surface area (Å²) in [6.45, 7) is 7.22. The number of Topliss-reactive ketones (excluding diaryl/α,β-unsaturated/α-hetero) is 1. The molecule has 1 fully saturated rings. The molecule has 1 aliphatic rings. The number of carbonyl (C=O) groups excluding carboxylic acids is 2. The lowest BCUT2D eigenvalue weighted by Crippen LogP contribution is -2.31. The maximum Gasteiger partial charge on any atom is 0.295 e. The van der Waals surface area contributed by atoms with E-state index in [0.29, 0.717) is 25.1 Å². The first-order valence-electron chi connectivity index (χ1n) is 10.0. The average Bonchev–Trinajstić information content (AvgIpc) is 2.98. The molecule has 30 heavy (non-hydrogen) atoms. The van der Waals surface area contributed by atoms with Crippen molar-refractivity contribution < 1.29 is 19.4 Å². The van der Waals surface area contributed by atoms with Gasteiger partial charge in [-0.1, -0.05) is 45.0 Å². The molecule has 1 N–H and O–H groups in total. The molecule has 3 rings (SSSR count). The van der Waals surface area contributed by atoms with E-state index in [-0.39, 0.29) is 16.7 Å². The van der Waals surface area contributed by atoms with Gasteiger partial charge in [-0.25, -0.2) is 0 Å². The van der Waals surface area contributed by atoms with Gasteiger partial charge in [-0.05, 0) is 35.1 Å². The van der Waals surface area contributed by atoms with Crippen LogP contribution in [0, 0.1) is 0 Å². The van der Waals surface area contributed by atoms with Crippen molar-refractivity contribution in [2.45, 2.75) is 38.6 Å². The van der Waals surface area contributed by atoms with E-state index in [4.69, 9.17) is 4.74 Å². The van der Waals surface area contributed by atoms with E-state index in [0.717, 1.165) is 11.1 Å². The van der Waals surface area contributed by atoms with Crippen molar-refractivity contribution in [3.63, 3.8) is 0 Å². The molecule has 1 saturated heterocycles. The number of rotatable bonds is 6. The summed E-state index contributed by atoms with van der Waals surface area (Å²) in [5, 5.41) is 10.9. The Labute approximate surface area is 177 Å². The van der Waals surface area contributed by atoms with Crippen LogP contribution >= 0.6 is 0 Å². The van der Waals surface area contributed by atoms with Gasteiger partial charge in [0.25, 0.3) is 11.7 Å². The number of pyridine rings is 1. The molecule has 0 bridgehead atoms. The van der Waals surface area contributed by atoms with Crippen molar-refractivity contribution in [3.8, 4) is 0 Å². The van der Waals surface area contributed by atoms with Gasteiger partial charge in [0.1, 0.15) is 5.76 Å². The Balaban J connectivity index is 2.10. The fraction of sp³-hybridized carbons (Fsp3) is 0.375. The van der Waals surface area contributed by atoms with Gasteiger partial charge in [0.05, 0.1) is 11.6 Å². The highest BCUT2D eigenvalue weighted by Gasteiger charge is 2.45. The number of aromatic nitrogens is 1. The number of benzene rings is 1. The van der Waals surface area contributed by atoms with Gasteiger partial charge in [0.2, 0.25) is 0 Å². The van der Waals surface area contributed by atoms with Crippen LogP contribution in [0.4, 0.5) is 0 Å². The average molecular weight is 408 g/mol. The molecule has 2 aromatic rings. The van der Waals surface area contributed by atoms with E-state index in [9.17, 15) is 14.7 Å². The SMILES string of the molecule is COCCCN1C(=O)C(=O)C(=C(O)c2ccncc2)C1c1ccc(C(C)(C)C)cc1. The maximum absolute atomic E-state index is 12.9. The fourth-order valence-electron chi connectivity index (χ4n) is 3.67. The van der Waals surface area contributed by atoms with Gasteiger partial charge in [0, 0.05) is 38.2 Å². The number of aliphatic hydroxyl groups is 1. The zero-order chi connectivity index (χ0) is 21.9. The van der Waals surface area contributed by atoms with Gasteiger partial charge in [-0.3, -0.25) is 14.6 Å². The summed E-state index contributed by atoms with van der Waals surface area (Å²) >= 11 is 0. The Bertz CT molecular complexity index is 943. The van der Waals surface area contributed by atoms with Gasteiger partial charge < -0.3 is 14.7 Å². The molecule has 0 spiro atoms. The summed E-state index contributed by atoms with van der Waals surface area (Å²) in [6.07, 6.45) is 3.67. The monoisotopic (exact) mass is 408 g/mol. The lowest BCUT2D eigenvalue weighted by atomic mass is 9.85. The first-order chi connectivity index (χ1) is 14.3. The number of hydrogen-bond acceptors (Lipinski definition) is 5. The molecule has 2 heterocycles. The van der Waals surface area contributed by atoms with Gasteiger partial charge in [-0.15, -0.1) is 0 Å². The van der Waals surface area contributed by atoms with Gasteiger partial charge in [0.15, 0.2) is 0 Å². The van der Waals surface area contributed by atoms with Crippen molar-refractivity contribution in [2.75, 3.05) is 20.3 Å². The van der Waals surface area contributed by atoms with E-state index >= 15 is 0 Å². The van der Waals surface area contributed by atoms with Crippen molar-refractivity contribution in [2.24, 2.45) is 0 Å². The van der Waals surface area contributed by atoms with Crippen molar-refractivity contribution in [1.29, 1.82) is 0 Å². The molecule has 1 aromatic carbocycles. The number of aliphatic hydroxyl groups excluding tert-OH is 1. The number of hydrogen-bond donors (Lipinski definition) is 1. The third kappa shape index (κ3) is 4.28. The summed E-state index contributed by atoms with van der Waals surface area (Å²) < 4.78 is 5.11. The molecule has 1 aromatic heterocycles. The summed E-state index contributed by atoms with van der Waals surface area (Å²) in [5.41, 5.74) is 2.48. The molecule has 6 nitrogen and oxygen atoms in total. The second-order valence-corrected chi connectivity index (χ2v) is 8.45. The first-order valence-corrected chi connectivity index (χ1v) is 10.0. The van der Waals surface area contributed by atoms with Gasteiger partial charge >= 0.3 is 0 Å². The van der Waals surface area contributed by atoms with E-state index in [1.807, 2.05) is 24.3 Å². The van der Waals surface area contributed by atoms with Crippen LogP contribution in [0.15, 0.2) is 54.4 Å². The zero-order valence-electron chi connectivity index (χ0n) is 17.9. The highest BCUT2D eigenvalue weighted by atomic mass is 16.5. The Kier molecular flexibility index (Phi) is 6.37. The van der Waals surface area contributed by atoms with Crippen LogP contribution in [0.25, 0.3) is 5.76 Å². The minimum Gasteiger partial charge on any atom is -0.507 e. The molecular formula is C24H28N2O4. The molecular weight excluding hydrogens is 380 g/mol. The molecule has 1 aliphatic heterocycles. The van der Waals surface area contributed by atoms with Crippen LogP contribution in [0.3, 0.4) is 0 Å². The van der Waals surface area contributed by atoms with Crippen LogP contribution in [-0.4, -0.2) is 46.9 Å². The highest BCUT2D eigenvalue weighted by Crippen LogP contribution is 2.39. The molecule has 0 saturated carbocycles. The van der Waals surface area contributed by atoms with Gasteiger partial charge in [-0.2, -0.15) is 0 Å². The third-order valence-corrected chi connectivity index (χ3v) is 5.33. The predicted octanol–water partition coefficient (Wildman–Crippen LogP) is 3.84. The number of ether oxygens (including phenoxy) is 1. The topological polar surface area (TPSA) is 79.7 Å². The fourth-order valence-corrected chi connectivity index (χ4v) is 3.67. The second-order valence-electron chi connectivity index (χ2n) is 8.45. The van der Waals surface area contributed by atoms with Crippen molar-refractivity contribution >= 4 is 17.4 Å². The maximum atomic E-state index is 12.9. The number of nitrogens with zero attached hydrogens (tertiary/aromatic N) is 2. The largest absolute Gasteiger partial charge is 0.507 e. The number of ketones is 1. The zero-order valence-corrected chi connectivity index (χ0v) is 17.9.